The fraction of sp³-hybridized carbons (Fsp3) is 0.708. The van der Waals surface area contributed by atoms with Crippen molar-refractivity contribution in [2.45, 2.75) is 64.5 Å². The molecule has 2 aliphatic heterocycles. The Labute approximate surface area is 175 Å². The van der Waals surface area contributed by atoms with E-state index in [0.717, 1.165) is 49.9 Å². The van der Waals surface area contributed by atoms with Crippen molar-refractivity contribution in [2.75, 3.05) is 33.4 Å². The van der Waals surface area contributed by atoms with Crippen LogP contribution in [-0.4, -0.2) is 66.3 Å². The number of carbonyl (C=O) groups excluding carboxylic acids is 1. The lowest BCUT2D eigenvalue weighted by molar-refractivity contribution is -0.127. The van der Waals surface area contributed by atoms with Crippen molar-refractivity contribution < 1.29 is 14.6 Å². The quantitative estimate of drug-likeness (QED) is 0.770. The maximum absolute atomic E-state index is 13.1. The van der Waals surface area contributed by atoms with Crippen molar-refractivity contribution in [3.63, 3.8) is 0 Å². The van der Waals surface area contributed by atoms with Gasteiger partial charge in [-0.15, -0.1) is 0 Å². The number of hydrogen-bond acceptors (Lipinski definition) is 4. The zero-order chi connectivity index (χ0) is 20.5. The number of amides is 1. The van der Waals surface area contributed by atoms with Gasteiger partial charge in [0.25, 0.3) is 5.91 Å². The topological polar surface area (TPSA) is 53.0 Å². The van der Waals surface area contributed by atoms with Gasteiger partial charge in [0.2, 0.25) is 0 Å². The van der Waals surface area contributed by atoms with Crippen LogP contribution in [0.5, 0.6) is 0 Å². The molecule has 0 bridgehead atoms. The van der Waals surface area contributed by atoms with Crippen LogP contribution in [0.25, 0.3) is 0 Å². The summed E-state index contributed by atoms with van der Waals surface area (Å²) in [7, 11) is 2.22. The van der Waals surface area contributed by atoms with Gasteiger partial charge in [0.1, 0.15) is 0 Å². The summed E-state index contributed by atoms with van der Waals surface area (Å²) in [6, 6.07) is 0.386. The van der Waals surface area contributed by atoms with Gasteiger partial charge in [0.05, 0.1) is 12.1 Å². The fourth-order valence-corrected chi connectivity index (χ4v) is 5.76. The van der Waals surface area contributed by atoms with Gasteiger partial charge >= 0.3 is 0 Å². The van der Waals surface area contributed by atoms with Gasteiger partial charge in [0, 0.05) is 44.6 Å². The second-order valence-electron chi connectivity index (χ2n) is 9.19. The normalized spacial score (nSPS) is 28.5. The van der Waals surface area contributed by atoms with Crippen LogP contribution in [0.15, 0.2) is 34.6 Å². The summed E-state index contributed by atoms with van der Waals surface area (Å²) < 4.78 is 5.58. The summed E-state index contributed by atoms with van der Waals surface area (Å²) in [5.74, 6) is 1.58. The number of ether oxygens (including phenoxy) is 1. The van der Waals surface area contributed by atoms with Crippen molar-refractivity contribution in [3.05, 3.63) is 34.6 Å². The number of hydrogen-bond donors (Lipinski definition) is 1. The molecule has 1 fully saturated rings. The smallest absolute Gasteiger partial charge is 0.253 e. The van der Waals surface area contributed by atoms with Crippen LogP contribution in [0.4, 0.5) is 0 Å². The van der Waals surface area contributed by atoms with Crippen LogP contribution in [0.3, 0.4) is 0 Å². The van der Waals surface area contributed by atoms with Crippen molar-refractivity contribution in [1.82, 2.24) is 9.80 Å². The molecule has 0 saturated carbocycles. The third-order valence-electron chi connectivity index (χ3n) is 7.37. The summed E-state index contributed by atoms with van der Waals surface area (Å²) in [5.41, 5.74) is 5.19. The molecule has 4 aliphatic rings. The summed E-state index contributed by atoms with van der Waals surface area (Å²) in [6.07, 6.45) is 10.6. The first-order valence-electron chi connectivity index (χ1n) is 11.4. The lowest BCUT2D eigenvalue weighted by atomic mass is 9.74. The molecule has 0 aromatic carbocycles. The van der Waals surface area contributed by atoms with E-state index in [0.29, 0.717) is 19.1 Å². The molecule has 3 unspecified atom stereocenters. The first-order chi connectivity index (χ1) is 14.0. The molecule has 1 N–H and O–H groups in total. The number of allylic oxidation sites excluding steroid dienone is 1. The number of aliphatic hydroxyl groups is 1. The molecule has 29 heavy (non-hydrogen) atoms. The summed E-state index contributed by atoms with van der Waals surface area (Å²) in [5, 5.41) is 9.74. The lowest BCUT2D eigenvalue weighted by Gasteiger charge is -2.34. The molecule has 3 atom stereocenters. The number of likely N-dealkylation sites (N-methyl/N-ethyl adjacent to an activating group) is 2. The van der Waals surface area contributed by atoms with Gasteiger partial charge in [-0.1, -0.05) is 6.08 Å². The molecule has 5 heteroatoms. The standard InChI is InChI=1S/C24H36N2O3/c1-4-26(15-16(2)27)24(28)19-6-8-23-21(14-19)20-13-18(5-7-22(20)25(23)3)17-9-11-29-12-10-17/h6,14,16-18,23,27H,4-5,7-13,15H2,1-3H3. The number of fused-ring (bicyclic) bond motifs is 2. The highest BCUT2D eigenvalue weighted by atomic mass is 16.5. The number of aliphatic hydroxyl groups excluding tert-OH is 1. The second-order valence-corrected chi connectivity index (χ2v) is 9.19. The van der Waals surface area contributed by atoms with Gasteiger partial charge in [-0.05, 0) is 81.4 Å². The molecule has 0 aromatic heterocycles. The van der Waals surface area contributed by atoms with Crippen LogP contribution < -0.4 is 0 Å². The highest BCUT2D eigenvalue weighted by molar-refractivity contribution is 5.97. The monoisotopic (exact) mass is 400 g/mol. The second kappa shape index (κ2) is 8.65. The van der Waals surface area contributed by atoms with E-state index in [1.54, 1.807) is 11.8 Å². The molecule has 1 amide bonds. The van der Waals surface area contributed by atoms with Crippen LogP contribution in [-0.2, 0) is 9.53 Å². The highest BCUT2D eigenvalue weighted by Crippen LogP contribution is 2.48. The largest absolute Gasteiger partial charge is 0.392 e. The molecule has 0 aromatic rings. The Bertz CT molecular complexity index is 730. The molecule has 160 valence electrons. The Morgan fingerprint density at radius 2 is 2.07 bits per heavy atom. The first kappa shape index (κ1) is 20.7. The van der Waals surface area contributed by atoms with E-state index in [-0.39, 0.29) is 5.91 Å². The van der Waals surface area contributed by atoms with E-state index in [1.807, 2.05) is 6.92 Å². The first-order valence-corrected chi connectivity index (χ1v) is 11.4. The van der Waals surface area contributed by atoms with E-state index >= 15 is 0 Å². The number of nitrogens with zero attached hydrogens (tertiary/aromatic N) is 2. The molecule has 5 nitrogen and oxygen atoms in total. The van der Waals surface area contributed by atoms with E-state index < -0.39 is 6.10 Å². The average Bonchev–Trinajstić information content (AvgIpc) is 3.03. The van der Waals surface area contributed by atoms with Crippen LogP contribution >= 0.6 is 0 Å². The molecule has 0 radical (unpaired) electrons. The highest BCUT2D eigenvalue weighted by Gasteiger charge is 2.40. The molecule has 2 aliphatic carbocycles. The molecular weight excluding hydrogens is 364 g/mol. The minimum atomic E-state index is -0.506. The van der Waals surface area contributed by atoms with Gasteiger partial charge in [-0.2, -0.15) is 0 Å². The summed E-state index contributed by atoms with van der Waals surface area (Å²) >= 11 is 0. The number of rotatable bonds is 5. The minimum Gasteiger partial charge on any atom is -0.392 e. The Morgan fingerprint density at radius 1 is 1.31 bits per heavy atom. The van der Waals surface area contributed by atoms with Gasteiger partial charge in [-0.25, -0.2) is 0 Å². The van der Waals surface area contributed by atoms with E-state index in [1.165, 1.54) is 36.1 Å². The fourth-order valence-electron chi connectivity index (χ4n) is 5.76. The lowest BCUT2D eigenvalue weighted by Crippen LogP contribution is -2.38. The third kappa shape index (κ3) is 4.04. The molecule has 1 saturated heterocycles. The van der Waals surface area contributed by atoms with E-state index in [2.05, 4.69) is 24.1 Å². The van der Waals surface area contributed by atoms with Crippen molar-refractivity contribution >= 4 is 5.91 Å². The van der Waals surface area contributed by atoms with Gasteiger partial charge < -0.3 is 19.6 Å². The van der Waals surface area contributed by atoms with E-state index in [4.69, 9.17) is 4.74 Å². The zero-order valence-electron chi connectivity index (χ0n) is 18.2. The van der Waals surface area contributed by atoms with E-state index in [9.17, 15) is 9.90 Å². The van der Waals surface area contributed by atoms with Gasteiger partial charge in [-0.3, -0.25) is 4.79 Å². The number of carbonyl (C=O) groups is 1. The van der Waals surface area contributed by atoms with Gasteiger partial charge in [0.15, 0.2) is 0 Å². The van der Waals surface area contributed by atoms with Crippen LogP contribution in [0, 0.1) is 11.8 Å². The average molecular weight is 401 g/mol. The van der Waals surface area contributed by atoms with Crippen LogP contribution in [0.2, 0.25) is 0 Å². The Hall–Kier alpha value is -1.59. The molecule has 2 heterocycles. The SMILES string of the molecule is CCN(CC(C)O)C(=O)C1=CCC2C(=C1)C1=C(CCC(C3CCOCC3)C1)N2C. The Balaban J connectivity index is 1.54. The maximum atomic E-state index is 13.1. The third-order valence-corrected chi connectivity index (χ3v) is 7.37. The predicted octanol–water partition coefficient (Wildman–Crippen LogP) is 3.27. The zero-order valence-corrected chi connectivity index (χ0v) is 18.2. The minimum absolute atomic E-state index is 0.0489. The van der Waals surface area contributed by atoms with Crippen molar-refractivity contribution in [3.8, 4) is 0 Å². The molecule has 0 spiro atoms. The summed E-state index contributed by atoms with van der Waals surface area (Å²) in [4.78, 5) is 17.3. The summed E-state index contributed by atoms with van der Waals surface area (Å²) in [6.45, 7) is 6.54. The molecular formula is C24H36N2O3. The maximum Gasteiger partial charge on any atom is 0.253 e. The van der Waals surface area contributed by atoms with Crippen LogP contribution in [0.1, 0.15) is 52.4 Å². The predicted molar refractivity (Wildman–Crippen MR) is 114 cm³/mol. The molecule has 4 rings (SSSR count). The van der Waals surface area contributed by atoms with Crippen molar-refractivity contribution in [1.29, 1.82) is 0 Å². The van der Waals surface area contributed by atoms with Crippen molar-refractivity contribution in [2.24, 2.45) is 11.8 Å². The Morgan fingerprint density at radius 3 is 2.76 bits per heavy atom. The Kier molecular flexibility index (Phi) is 6.16.